The molecule has 1 aromatic rings. The lowest BCUT2D eigenvalue weighted by Crippen LogP contribution is -2.17. The van der Waals surface area contributed by atoms with Crippen LogP contribution in [0.1, 0.15) is 102 Å². The quantitative estimate of drug-likeness (QED) is 0.0979. The molecule has 1 aromatic heterocycles. The summed E-state index contributed by atoms with van der Waals surface area (Å²) in [5.41, 5.74) is 7.12. The molecule has 0 atom stereocenters. The summed E-state index contributed by atoms with van der Waals surface area (Å²) in [5.74, 6) is -0.120. The van der Waals surface area contributed by atoms with Crippen molar-refractivity contribution in [3.8, 4) is 0 Å². The van der Waals surface area contributed by atoms with Crippen molar-refractivity contribution in [1.29, 1.82) is 0 Å². The summed E-state index contributed by atoms with van der Waals surface area (Å²) in [5, 5.41) is 8.38. The third-order valence-corrected chi connectivity index (χ3v) is 8.56. The van der Waals surface area contributed by atoms with Crippen molar-refractivity contribution in [2.45, 2.75) is 99.3 Å². The van der Waals surface area contributed by atoms with Gasteiger partial charge in [0.15, 0.2) is 0 Å². The number of carbonyl (C=O) groups excluding carboxylic acids is 2. The molecule has 0 aromatic carbocycles. The van der Waals surface area contributed by atoms with Crippen LogP contribution < -0.4 is 10.9 Å². The van der Waals surface area contributed by atoms with Gasteiger partial charge in [0, 0.05) is 24.0 Å². The minimum Gasteiger partial charge on any atom is -0.273 e. The number of hydrogen-bond acceptors (Lipinski definition) is 7. The van der Waals surface area contributed by atoms with Crippen LogP contribution in [0.3, 0.4) is 0 Å². The van der Waals surface area contributed by atoms with Crippen molar-refractivity contribution >= 4 is 59.1 Å². The fourth-order valence-electron chi connectivity index (χ4n) is 3.19. The van der Waals surface area contributed by atoms with E-state index in [1.54, 1.807) is 47.3 Å². The summed E-state index contributed by atoms with van der Waals surface area (Å²) in [4.78, 5) is 24.1. The first-order chi connectivity index (χ1) is 16.1. The van der Waals surface area contributed by atoms with Crippen LogP contribution in [0.4, 0.5) is 0 Å². The van der Waals surface area contributed by atoms with Gasteiger partial charge in [-0.2, -0.15) is 10.2 Å². The van der Waals surface area contributed by atoms with Crippen molar-refractivity contribution in [1.82, 2.24) is 10.9 Å². The third kappa shape index (κ3) is 12.6. The molecule has 9 heteroatoms. The van der Waals surface area contributed by atoms with Gasteiger partial charge in [-0.25, -0.2) is 10.9 Å². The van der Waals surface area contributed by atoms with E-state index in [4.69, 9.17) is 0 Å². The zero-order chi connectivity index (χ0) is 24.3. The van der Waals surface area contributed by atoms with Crippen LogP contribution in [0, 0.1) is 0 Å². The van der Waals surface area contributed by atoms with E-state index in [0.29, 0.717) is 12.8 Å². The van der Waals surface area contributed by atoms with E-state index in [1.165, 1.54) is 38.5 Å². The molecule has 0 radical (unpaired) electrons. The van der Waals surface area contributed by atoms with E-state index in [0.717, 1.165) is 45.2 Å². The molecule has 1 heterocycles. The summed E-state index contributed by atoms with van der Waals surface area (Å²) in [7, 11) is 0. The van der Waals surface area contributed by atoms with Crippen molar-refractivity contribution in [2.75, 3.05) is 12.5 Å². The van der Waals surface area contributed by atoms with E-state index in [2.05, 4.69) is 34.9 Å². The fourth-order valence-corrected chi connectivity index (χ4v) is 5.99. The molecule has 0 spiro atoms. The molecule has 0 fully saturated rings. The maximum Gasteiger partial charge on any atom is 0.240 e. The van der Waals surface area contributed by atoms with Crippen LogP contribution in [-0.4, -0.2) is 36.8 Å². The predicted molar refractivity (Wildman–Crippen MR) is 146 cm³/mol. The minimum absolute atomic E-state index is 0.0600. The Morgan fingerprint density at radius 1 is 0.727 bits per heavy atom. The Hall–Kier alpha value is -1.32. The molecule has 1 rings (SSSR count). The van der Waals surface area contributed by atoms with Gasteiger partial charge >= 0.3 is 0 Å². The van der Waals surface area contributed by atoms with Crippen LogP contribution in [0.25, 0.3) is 0 Å². The first-order valence-corrected chi connectivity index (χ1v) is 15.2. The smallest absolute Gasteiger partial charge is 0.240 e. The SMILES string of the molecule is CCCCCCCC(=O)NN=Cc1c(SC)sc(SC)c1C=NNC(=O)CCCCCCC. The van der Waals surface area contributed by atoms with Crippen LogP contribution in [0.2, 0.25) is 0 Å². The lowest BCUT2D eigenvalue weighted by atomic mass is 10.1. The molecule has 0 aliphatic heterocycles. The van der Waals surface area contributed by atoms with E-state index >= 15 is 0 Å². The highest BCUT2D eigenvalue weighted by Crippen LogP contribution is 2.38. The average molecular weight is 513 g/mol. The minimum atomic E-state index is -0.0600. The second kappa shape index (κ2) is 19.0. The number of amides is 2. The van der Waals surface area contributed by atoms with Gasteiger partial charge in [-0.15, -0.1) is 34.9 Å². The van der Waals surface area contributed by atoms with E-state index in [1.807, 2.05) is 12.5 Å². The molecule has 2 amide bonds. The van der Waals surface area contributed by atoms with E-state index in [-0.39, 0.29) is 11.8 Å². The molecular formula is C24H40N4O2S3. The Labute approximate surface area is 212 Å². The summed E-state index contributed by atoms with van der Waals surface area (Å²) in [6, 6.07) is 0. The lowest BCUT2D eigenvalue weighted by Gasteiger charge is -2.02. The Bertz CT molecular complexity index is 703. The van der Waals surface area contributed by atoms with Gasteiger partial charge in [0.2, 0.25) is 11.8 Å². The Morgan fingerprint density at radius 3 is 1.48 bits per heavy atom. The van der Waals surface area contributed by atoms with Crippen LogP contribution in [0.15, 0.2) is 18.6 Å². The molecule has 33 heavy (non-hydrogen) atoms. The zero-order valence-corrected chi connectivity index (χ0v) is 23.0. The number of nitrogens with zero attached hydrogens (tertiary/aromatic N) is 2. The number of carbonyl (C=O) groups is 2. The normalized spacial score (nSPS) is 11.5. The monoisotopic (exact) mass is 512 g/mol. The first-order valence-electron chi connectivity index (χ1n) is 12.0. The van der Waals surface area contributed by atoms with Crippen molar-refractivity contribution in [2.24, 2.45) is 10.2 Å². The topological polar surface area (TPSA) is 82.9 Å². The molecule has 0 bridgehead atoms. The van der Waals surface area contributed by atoms with E-state index < -0.39 is 0 Å². The highest BCUT2D eigenvalue weighted by molar-refractivity contribution is 8.02. The number of rotatable bonds is 18. The molecule has 6 nitrogen and oxygen atoms in total. The summed E-state index contributed by atoms with van der Waals surface area (Å²) < 4.78 is 2.20. The van der Waals surface area contributed by atoms with Gasteiger partial charge in [-0.05, 0) is 25.4 Å². The number of thiophene rings is 1. The van der Waals surface area contributed by atoms with Gasteiger partial charge in [0.1, 0.15) is 0 Å². The Balaban J connectivity index is 2.66. The fraction of sp³-hybridized carbons (Fsp3) is 0.667. The number of nitrogens with one attached hydrogen (secondary N) is 2. The number of hydrazone groups is 2. The van der Waals surface area contributed by atoms with Crippen molar-refractivity contribution in [3.05, 3.63) is 11.1 Å². The largest absolute Gasteiger partial charge is 0.273 e. The maximum absolute atomic E-state index is 12.1. The molecular weight excluding hydrogens is 472 g/mol. The maximum atomic E-state index is 12.1. The zero-order valence-electron chi connectivity index (χ0n) is 20.6. The standard InChI is InChI=1S/C24H40N4O2S3/c1-5-7-9-11-13-15-21(29)27-25-17-19-20(24(32-4)33-23(19)31-3)18-26-28-22(30)16-14-12-10-8-6-2/h17-18H,5-16H2,1-4H3,(H,27,29)(H,28,30). The number of thioether (sulfide) groups is 2. The summed E-state index contributed by atoms with van der Waals surface area (Å²) in [6.07, 6.45) is 19.5. The highest BCUT2D eigenvalue weighted by atomic mass is 32.2. The van der Waals surface area contributed by atoms with Gasteiger partial charge in [-0.3, -0.25) is 9.59 Å². The molecule has 0 unspecified atom stereocenters. The molecule has 0 aliphatic carbocycles. The highest BCUT2D eigenvalue weighted by Gasteiger charge is 2.15. The Morgan fingerprint density at radius 2 is 1.12 bits per heavy atom. The van der Waals surface area contributed by atoms with E-state index in [9.17, 15) is 9.59 Å². The lowest BCUT2D eigenvalue weighted by molar-refractivity contribution is -0.122. The van der Waals surface area contributed by atoms with Gasteiger partial charge in [-0.1, -0.05) is 65.2 Å². The van der Waals surface area contributed by atoms with Crippen molar-refractivity contribution < 1.29 is 9.59 Å². The third-order valence-electron chi connectivity index (χ3n) is 5.07. The number of unbranched alkanes of at least 4 members (excludes halogenated alkanes) is 8. The van der Waals surface area contributed by atoms with Crippen LogP contribution in [-0.2, 0) is 9.59 Å². The average Bonchev–Trinajstić information content (AvgIpc) is 3.15. The molecule has 0 aliphatic rings. The number of hydrogen-bond donors (Lipinski definition) is 2. The summed E-state index contributed by atoms with van der Waals surface area (Å²) >= 11 is 4.94. The van der Waals surface area contributed by atoms with Gasteiger partial charge in [0.25, 0.3) is 0 Å². The Kier molecular flexibility index (Phi) is 17.1. The first kappa shape index (κ1) is 29.7. The molecule has 0 saturated heterocycles. The van der Waals surface area contributed by atoms with Crippen molar-refractivity contribution in [3.63, 3.8) is 0 Å². The van der Waals surface area contributed by atoms with Crippen LogP contribution >= 0.6 is 34.9 Å². The summed E-state index contributed by atoms with van der Waals surface area (Å²) in [6.45, 7) is 4.36. The van der Waals surface area contributed by atoms with Gasteiger partial charge in [0.05, 0.1) is 20.8 Å². The second-order valence-electron chi connectivity index (χ2n) is 7.83. The second-order valence-corrected chi connectivity index (χ2v) is 11.0. The molecule has 0 saturated carbocycles. The van der Waals surface area contributed by atoms with Gasteiger partial charge < -0.3 is 0 Å². The van der Waals surface area contributed by atoms with Crippen LogP contribution in [0.5, 0.6) is 0 Å². The molecule has 2 N–H and O–H groups in total. The predicted octanol–water partition coefficient (Wildman–Crippen LogP) is 6.81. The molecule has 186 valence electrons.